The first-order valence-electron chi connectivity index (χ1n) is 5.97. The number of halogens is 1. The molecule has 0 aliphatic carbocycles. The van der Waals surface area contributed by atoms with Gasteiger partial charge in [0.05, 0.1) is 14.2 Å². The van der Waals surface area contributed by atoms with Gasteiger partial charge in [-0.2, -0.15) is 0 Å². The molecule has 2 nitrogen and oxygen atoms in total. The molecule has 0 bridgehead atoms. The SMILES string of the molecule is COc1cccc2cc3c(Br)ccc(OC)c3cc12. The van der Waals surface area contributed by atoms with Crippen LogP contribution in [0.5, 0.6) is 11.5 Å². The number of hydrogen-bond donors (Lipinski definition) is 0. The number of rotatable bonds is 2. The Morgan fingerprint density at radius 2 is 1.53 bits per heavy atom. The van der Waals surface area contributed by atoms with Crippen molar-refractivity contribution in [1.29, 1.82) is 0 Å². The highest BCUT2D eigenvalue weighted by Crippen LogP contribution is 2.37. The highest BCUT2D eigenvalue weighted by molar-refractivity contribution is 9.10. The van der Waals surface area contributed by atoms with Gasteiger partial charge in [-0.15, -0.1) is 0 Å². The maximum Gasteiger partial charge on any atom is 0.126 e. The lowest BCUT2D eigenvalue weighted by Gasteiger charge is -2.11. The van der Waals surface area contributed by atoms with E-state index in [0.29, 0.717) is 0 Å². The number of methoxy groups -OCH3 is 2. The van der Waals surface area contributed by atoms with Crippen molar-refractivity contribution < 1.29 is 9.47 Å². The van der Waals surface area contributed by atoms with Crippen LogP contribution in [0.3, 0.4) is 0 Å². The average Bonchev–Trinajstić information content (AvgIpc) is 2.45. The van der Waals surface area contributed by atoms with E-state index in [2.05, 4.69) is 34.1 Å². The molecule has 0 N–H and O–H groups in total. The molecular formula is C16H13BrO2. The molecule has 0 saturated carbocycles. The molecule has 3 heteroatoms. The third kappa shape index (κ3) is 1.94. The predicted molar refractivity (Wildman–Crippen MR) is 82.3 cm³/mol. The molecule has 0 unspecified atom stereocenters. The zero-order chi connectivity index (χ0) is 13.4. The molecule has 0 aliphatic rings. The van der Waals surface area contributed by atoms with Crippen LogP contribution in [-0.4, -0.2) is 14.2 Å². The highest BCUT2D eigenvalue weighted by Gasteiger charge is 2.09. The largest absolute Gasteiger partial charge is 0.496 e. The van der Waals surface area contributed by atoms with Gasteiger partial charge in [0.25, 0.3) is 0 Å². The number of ether oxygens (including phenoxy) is 2. The van der Waals surface area contributed by atoms with Gasteiger partial charge in [0.2, 0.25) is 0 Å². The molecule has 3 rings (SSSR count). The average molecular weight is 317 g/mol. The van der Waals surface area contributed by atoms with E-state index in [4.69, 9.17) is 9.47 Å². The summed E-state index contributed by atoms with van der Waals surface area (Å²) in [6.45, 7) is 0. The van der Waals surface area contributed by atoms with Gasteiger partial charge in [0.1, 0.15) is 11.5 Å². The van der Waals surface area contributed by atoms with Crippen LogP contribution in [-0.2, 0) is 0 Å². The molecule has 0 aliphatic heterocycles. The van der Waals surface area contributed by atoms with E-state index >= 15 is 0 Å². The normalized spacial score (nSPS) is 10.9. The van der Waals surface area contributed by atoms with E-state index in [1.807, 2.05) is 24.3 Å². The molecule has 0 atom stereocenters. The molecule has 0 radical (unpaired) electrons. The Morgan fingerprint density at radius 1 is 0.789 bits per heavy atom. The predicted octanol–water partition coefficient (Wildman–Crippen LogP) is 4.77. The Kier molecular flexibility index (Phi) is 3.07. The lowest BCUT2D eigenvalue weighted by molar-refractivity contribution is 0.419. The number of fused-ring (bicyclic) bond motifs is 2. The van der Waals surface area contributed by atoms with Gasteiger partial charge in [0, 0.05) is 20.6 Å². The summed E-state index contributed by atoms with van der Waals surface area (Å²) in [5, 5.41) is 4.46. The summed E-state index contributed by atoms with van der Waals surface area (Å²) in [5.41, 5.74) is 0. The van der Waals surface area contributed by atoms with Gasteiger partial charge in [-0.3, -0.25) is 0 Å². The van der Waals surface area contributed by atoms with Crippen molar-refractivity contribution in [1.82, 2.24) is 0 Å². The van der Waals surface area contributed by atoms with E-state index < -0.39 is 0 Å². The number of hydrogen-bond acceptors (Lipinski definition) is 2. The van der Waals surface area contributed by atoms with Gasteiger partial charge < -0.3 is 9.47 Å². The van der Waals surface area contributed by atoms with Gasteiger partial charge in [-0.05, 0) is 35.7 Å². The Hall–Kier alpha value is -1.74. The summed E-state index contributed by atoms with van der Waals surface area (Å²) in [6, 6.07) is 14.3. The van der Waals surface area contributed by atoms with Crippen LogP contribution < -0.4 is 9.47 Å². The Labute approximate surface area is 120 Å². The van der Waals surface area contributed by atoms with Crippen molar-refractivity contribution in [2.45, 2.75) is 0 Å². The highest BCUT2D eigenvalue weighted by atomic mass is 79.9. The Balaban J connectivity index is 2.48. The Bertz CT molecular complexity index is 765. The number of benzene rings is 3. The minimum atomic E-state index is 0.867. The molecule has 19 heavy (non-hydrogen) atoms. The van der Waals surface area contributed by atoms with E-state index in [1.165, 1.54) is 0 Å². The van der Waals surface area contributed by atoms with Gasteiger partial charge >= 0.3 is 0 Å². The summed E-state index contributed by atoms with van der Waals surface area (Å²) in [4.78, 5) is 0. The first kappa shape index (κ1) is 12.3. The molecule has 0 heterocycles. The first-order chi connectivity index (χ1) is 9.24. The van der Waals surface area contributed by atoms with E-state index in [9.17, 15) is 0 Å². The van der Waals surface area contributed by atoms with Crippen molar-refractivity contribution in [2.75, 3.05) is 14.2 Å². The van der Waals surface area contributed by atoms with Crippen molar-refractivity contribution in [3.63, 3.8) is 0 Å². The second-order valence-corrected chi connectivity index (χ2v) is 5.18. The lowest BCUT2D eigenvalue weighted by atomic mass is 10.0. The van der Waals surface area contributed by atoms with Gasteiger partial charge in [-0.1, -0.05) is 28.1 Å². The molecular weight excluding hydrogens is 304 g/mol. The molecule has 0 fully saturated rings. The third-order valence-electron chi connectivity index (χ3n) is 3.32. The molecule has 0 amide bonds. The van der Waals surface area contributed by atoms with Crippen LogP contribution in [0.15, 0.2) is 46.9 Å². The fourth-order valence-electron chi connectivity index (χ4n) is 2.38. The fourth-order valence-corrected chi connectivity index (χ4v) is 2.84. The van der Waals surface area contributed by atoms with Gasteiger partial charge in [0.15, 0.2) is 0 Å². The fraction of sp³-hybridized carbons (Fsp3) is 0.125. The molecule has 0 saturated heterocycles. The van der Waals surface area contributed by atoms with Crippen LogP contribution in [0.1, 0.15) is 0 Å². The standard InChI is InChI=1S/C16H13BrO2/c1-18-15-5-3-4-10-8-12-13(9-11(10)15)16(19-2)7-6-14(12)17/h3-9H,1-2H3. The van der Waals surface area contributed by atoms with Crippen LogP contribution in [0.25, 0.3) is 21.5 Å². The van der Waals surface area contributed by atoms with Crippen LogP contribution in [0.4, 0.5) is 0 Å². The van der Waals surface area contributed by atoms with Crippen LogP contribution >= 0.6 is 15.9 Å². The van der Waals surface area contributed by atoms with E-state index in [0.717, 1.165) is 37.5 Å². The molecule has 96 valence electrons. The zero-order valence-corrected chi connectivity index (χ0v) is 12.3. The zero-order valence-electron chi connectivity index (χ0n) is 10.7. The van der Waals surface area contributed by atoms with Crippen LogP contribution in [0, 0.1) is 0 Å². The maximum atomic E-state index is 5.44. The maximum absolute atomic E-state index is 5.44. The molecule has 3 aromatic carbocycles. The summed E-state index contributed by atoms with van der Waals surface area (Å²) in [6.07, 6.45) is 0. The summed E-state index contributed by atoms with van der Waals surface area (Å²) < 4.78 is 11.9. The topological polar surface area (TPSA) is 18.5 Å². The van der Waals surface area contributed by atoms with Crippen molar-refractivity contribution >= 4 is 37.5 Å². The van der Waals surface area contributed by atoms with Crippen LogP contribution in [0.2, 0.25) is 0 Å². The monoisotopic (exact) mass is 316 g/mol. The lowest BCUT2D eigenvalue weighted by Crippen LogP contribution is -1.88. The third-order valence-corrected chi connectivity index (χ3v) is 4.01. The van der Waals surface area contributed by atoms with Crippen molar-refractivity contribution in [2.24, 2.45) is 0 Å². The molecule has 0 spiro atoms. The summed E-state index contributed by atoms with van der Waals surface area (Å²) in [5.74, 6) is 1.74. The van der Waals surface area contributed by atoms with E-state index in [1.54, 1.807) is 14.2 Å². The quantitative estimate of drug-likeness (QED) is 0.634. The smallest absolute Gasteiger partial charge is 0.126 e. The minimum Gasteiger partial charge on any atom is -0.496 e. The molecule has 3 aromatic rings. The first-order valence-corrected chi connectivity index (χ1v) is 6.77. The van der Waals surface area contributed by atoms with E-state index in [-0.39, 0.29) is 0 Å². The van der Waals surface area contributed by atoms with Crippen molar-refractivity contribution in [3.8, 4) is 11.5 Å². The molecule has 0 aromatic heterocycles. The van der Waals surface area contributed by atoms with Crippen molar-refractivity contribution in [3.05, 3.63) is 46.9 Å². The summed E-state index contributed by atoms with van der Waals surface area (Å²) in [7, 11) is 3.38. The van der Waals surface area contributed by atoms with Gasteiger partial charge in [-0.25, -0.2) is 0 Å². The second-order valence-electron chi connectivity index (χ2n) is 4.33. The minimum absolute atomic E-state index is 0.867. The second kappa shape index (κ2) is 4.74. The summed E-state index contributed by atoms with van der Waals surface area (Å²) >= 11 is 3.59. The Morgan fingerprint density at radius 3 is 2.26 bits per heavy atom.